The van der Waals surface area contributed by atoms with Gasteiger partial charge in [-0.15, -0.1) is 0 Å². The Bertz CT molecular complexity index is 1100. The molecule has 0 spiro atoms. The van der Waals surface area contributed by atoms with Crippen LogP contribution in [0, 0.1) is 4.77 Å². The lowest BCUT2D eigenvalue weighted by atomic mass is 9.87. The number of anilines is 1. The number of nitrogens with one attached hydrogen (secondary N) is 2. The molecule has 0 saturated carbocycles. The molecule has 0 saturated heterocycles. The topological polar surface area (TPSA) is 66.9 Å². The Kier molecular flexibility index (Phi) is 4.54. The largest absolute Gasteiger partial charge is 0.332 e. The fourth-order valence-corrected chi connectivity index (χ4v) is 2.90. The highest BCUT2D eigenvalue weighted by Gasteiger charge is 2.14. The van der Waals surface area contributed by atoms with Crippen molar-refractivity contribution in [3.05, 3.63) is 68.7 Å². The third-order valence-corrected chi connectivity index (χ3v) is 4.75. The number of fused-ring (bicyclic) bond motifs is 1. The molecule has 0 aliphatic carbocycles. The zero-order valence-corrected chi connectivity index (χ0v) is 16.0. The summed E-state index contributed by atoms with van der Waals surface area (Å²) in [7, 11) is 1.61. The summed E-state index contributed by atoms with van der Waals surface area (Å²) in [5.74, 6) is -0.240. The Morgan fingerprint density at radius 1 is 1.12 bits per heavy atom. The average Bonchev–Trinajstić information content (AvgIpc) is 2.59. The zero-order valence-electron chi connectivity index (χ0n) is 15.2. The maximum Gasteiger partial charge on any atom is 0.261 e. The maximum atomic E-state index is 12.5. The minimum Gasteiger partial charge on any atom is -0.332 e. The van der Waals surface area contributed by atoms with Gasteiger partial charge in [-0.05, 0) is 53.5 Å². The maximum absolute atomic E-state index is 12.5. The van der Waals surface area contributed by atoms with E-state index < -0.39 is 0 Å². The van der Waals surface area contributed by atoms with Crippen molar-refractivity contribution in [1.82, 2.24) is 9.55 Å². The van der Waals surface area contributed by atoms with Gasteiger partial charge in [-0.1, -0.05) is 32.9 Å². The van der Waals surface area contributed by atoms with Crippen LogP contribution < -0.4 is 10.9 Å². The van der Waals surface area contributed by atoms with Crippen molar-refractivity contribution in [2.24, 2.45) is 7.05 Å². The number of hydrogen-bond acceptors (Lipinski definition) is 3. The Morgan fingerprint density at radius 3 is 2.38 bits per heavy atom. The number of aromatic nitrogens is 2. The molecule has 3 aromatic rings. The molecule has 1 aromatic heterocycles. The number of benzene rings is 2. The lowest BCUT2D eigenvalue weighted by molar-refractivity contribution is 0.102. The van der Waals surface area contributed by atoms with E-state index in [1.54, 1.807) is 25.2 Å². The van der Waals surface area contributed by atoms with E-state index in [0.29, 0.717) is 21.2 Å². The second-order valence-corrected chi connectivity index (χ2v) is 7.72. The molecule has 1 heterocycles. The van der Waals surface area contributed by atoms with Crippen LogP contribution in [0.25, 0.3) is 10.9 Å². The van der Waals surface area contributed by atoms with Crippen LogP contribution in [0.4, 0.5) is 5.69 Å². The van der Waals surface area contributed by atoms with Crippen LogP contribution in [0.5, 0.6) is 0 Å². The van der Waals surface area contributed by atoms with E-state index in [1.807, 2.05) is 24.3 Å². The van der Waals surface area contributed by atoms with Crippen LogP contribution in [0.3, 0.4) is 0 Å². The molecule has 2 aromatic carbocycles. The lowest BCUT2D eigenvalue weighted by Gasteiger charge is -2.19. The third kappa shape index (κ3) is 3.46. The van der Waals surface area contributed by atoms with Gasteiger partial charge in [0.1, 0.15) is 0 Å². The number of rotatable bonds is 2. The van der Waals surface area contributed by atoms with E-state index in [2.05, 4.69) is 31.1 Å². The van der Waals surface area contributed by atoms with Crippen LogP contribution >= 0.6 is 12.2 Å². The third-order valence-electron chi connectivity index (χ3n) is 4.37. The van der Waals surface area contributed by atoms with Crippen molar-refractivity contribution in [2.45, 2.75) is 26.2 Å². The molecule has 26 heavy (non-hydrogen) atoms. The van der Waals surface area contributed by atoms with Gasteiger partial charge in [0.25, 0.3) is 11.5 Å². The molecule has 6 heteroatoms. The Balaban J connectivity index is 1.89. The minimum atomic E-state index is -0.240. The number of aromatic amines is 1. The van der Waals surface area contributed by atoms with Gasteiger partial charge in [-0.25, -0.2) is 0 Å². The second-order valence-electron chi connectivity index (χ2n) is 7.34. The smallest absolute Gasteiger partial charge is 0.261 e. The fraction of sp³-hybridized carbons (Fsp3) is 0.250. The second kappa shape index (κ2) is 6.53. The van der Waals surface area contributed by atoms with E-state index >= 15 is 0 Å². The first-order valence-electron chi connectivity index (χ1n) is 8.32. The molecule has 3 rings (SSSR count). The summed E-state index contributed by atoms with van der Waals surface area (Å²) in [5.41, 5.74) is 2.80. The molecule has 0 aliphatic rings. The summed E-state index contributed by atoms with van der Waals surface area (Å²) in [5, 5.41) is 3.37. The van der Waals surface area contributed by atoms with Gasteiger partial charge in [0.15, 0.2) is 4.77 Å². The summed E-state index contributed by atoms with van der Waals surface area (Å²) in [4.78, 5) is 27.7. The molecule has 0 unspecified atom stereocenters. The van der Waals surface area contributed by atoms with Gasteiger partial charge >= 0.3 is 0 Å². The highest BCUT2D eigenvalue weighted by Crippen LogP contribution is 2.23. The number of carbonyl (C=O) groups excluding carboxylic acids is 1. The molecule has 0 fully saturated rings. The van der Waals surface area contributed by atoms with Crippen molar-refractivity contribution >= 4 is 34.7 Å². The summed E-state index contributed by atoms with van der Waals surface area (Å²) >= 11 is 5.13. The van der Waals surface area contributed by atoms with Crippen LogP contribution in [0.2, 0.25) is 0 Å². The SMILES string of the molecule is Cn1c(=S)[nH]c2cc(C(=O)Nc3ccc(C(C)(C)C)cc3)ccc2c1=O. The van der Waals surface area contributed by atoms with Gasteiger partial charge in [-0.3, -0.25) is 14.2 Å². The van der Waals surface area contributed by atoms with Crippen LogP contribution in [0.15, 0.2) is 47.3 Å². The van der Waals surface area contributed by atoms with Crippen molar-refractivity contribution in [2.75, 3.05) is 5.32 Å². The molecule has 0 bridgehead atoms. The Hall–Kier alpha value is -2.73. The number of hydrogen-bond donors (Lipinski definition) is 2. The van der Waals surface area contributed by atoms with E-state index in [0.717, 1.165) is 5.69 Å². The molecule has 0 aliphatic heterocycles. The summed E-state index contributed by atoms with van der Waals surface area (Å²) in [6, 6.07) is 12.7. The first kappa shape index (κ1) is 18.1. The van der Waals surface area contributed by atoms with E-state index in [9.17, 15) is 9.59 Å². The van der Waals surface area contributed by atoms with Gasteiger partial charge in [0.05, 0.1) is 10.9 Å². The first-order valence-corrected chi connectivity index (χ1v) is 8.72. The molecule has 134 valence electrons. The number of carbonyl (C=O) groups is 1. The van der Waals surface area contributed by atoms with E-state index in [1.165, 1.54) is 10.1 Å². The first-order chi connectivity index (χ1) is 12.2. The van der Waals surface area contributed by atoms with Gasteiger partial charge < -0.3 is 10.3 Å². The van der Waals surface area contributed by atoms with Gasteiger partial charge in [0, 0.05) is 18.3 Å². The molecule has 0 radical (unpaired) electrons. The van der Waals surface area contributed by atoms with Crippen LogP contribution in [0.1, 0.15) is 36.7 Å². The van der Waals surface area contributed by atoms with Crippen molar-refractivity contribution in [1.29, 1.82) is 0 Å². The molecule has 2 N–H and O–H groups in total. The molecular formula is C20H21N3O2S. The van der Waals surface area contributed by atoms with E-state index in [-0.39, 0.29) is 16.9 Å². The van der Waals surface area contributed by atoms with Crippen molar-refractivity contribution in [3.63, 3.8) is 0 Å². The quantitative estimate of drug-likeness (QED) is 0.669. The van der Waals surface area contributed by atoms with Crippen molar-refractivity contribution < 1.29 is 4.79 Å². The number of H-pyrrole nitrogens is 1. The predicted octanol–water partition coefficient (Wildman–Crippen LogP) is 4.15. The highest BCUT2D eigenvalue weighted by atomic mass is 32.1. The molecule has 5 nitrogen and oxygen atoms in total. The van der Waals surface area contributed by atoms with Crippen LogP contribution in [-0.4, -0.2) is 15.5 Å². The summed E-state index contributed by atoms with van der Waals surface area (Å²) < 4.78 is 1.69. The Labute approximate surface area is 156 Å². The number of amides is 1. The van der Waals surface area contributed by atoms with Gasteiger partial charge in [0.2, 0.25) is 0 Å². The Morgan fingerprint density at radius 2 is 1.77 bits per heavy atom. The van der Waals surface area contributed by atoms with Crippen molar-refractivity contribution in [3.8, 4) is 0 Å². The number of nitrogens with zero attached hydrogens (tertiary/aromatic N) is 1. The monoisotopic (exact) mass is 367 g/mol. The zero-order chi connectivity index (χ0) is 19.1. The van der Waals surface area contributed by atoms with E-state index in [4.69, 9.17) is 12.2 Å². The van der Waals surface area contributed by atoms with Crippen LogP contribution in [-0.2, 0) is 12.5 Å². The summed E-state index contributed by atoms with van der Waals surface area (Å²) in [6.07, 6.45) is 0. The standard InChI is InChI=1S/C20H21N3O2S/c1-20(2,3)13-6-8-14(9-7-13)21-17(24)12-5-10-15-16(11-12)22-19(26)23(4)18(15)25/h5-11H,1-4H3,(H,21,24)(H,22,26). The molecular weight excluding hydrogens is 346 g/mol. The summed E-state index contributed by atoms with van der Waals surface area (Å²) in [6.45, 7) is 6.43. The predicted molar refractivity (Wildman–Crippen MR) is 107 cm³/mol. The van der Waals surface area contributed by atoms with Gasteiger partial charge in [-0.2, -0.15) is 0 Å². The normalized spacial score (nSPS) is 11.5. The minimum absolute atomic E-state index is 0.0603. The fourth-order valence-electron chi connectivity index (χ4n) is 2.70. The highest BCUT2D eigenvalue weighted by molar-refractivity contribution is 7.71. The lowest BCUT2D eigenvalue weighted by Crippen LogP contribution is -2.19. The molecule has 1 amide bonds. The average molecular weight is 367 g/mol. The molecule has 0 atom stereocenters.